The number of carbonyl (C=O) groups excluding carboxylic acids is 2. The monoisotopic (exact) mass is 387 g/mol. The number of anilines is 1. The molecule has 4 rings (SSSR count). The molecular formula is C20H25N3O3S. The van der Waals surface area contributed by atoms with Gasteiger partial charge in [0.15, 0.2) is 5.13 Å². The molecule has 2 aromatic rings. The smallest absolute Gasteiger partial charge is 0.228 e. The SMILES string of the molecule is Cc1cc2c(o1)CC(C)(C)CC2NC(=O)Cc1csc(N2CCCC2=O)n1. The number of carbonyl (C=O) groups is 2. The topological polar surface area (TPSA) is 75.4 Å². The molecule has 1 N–H and O–H groups in total. The van der Waals surface area contributed by atoms with Crippen LogP contribution >= 0.6 is 11.3 Å². The van der Waals surface area contributed by atoms with Gasteiger partial charge in [-0.05, 0) is 31.2 Å². The molecule has 1 fully saturated rings. The number of nitrogens with zero attached hydrogens (tertiary/aromatic N) is 2. The first kappa shape index (κ1) is 18.2. The second-order valence-corrected chi connectivity index (χ2v) is 9.18. The molecule has 2 amide bonds. The Balaban J connectivity index is 1.44. The molecule has 7 heteroatoms. The molecule has 1 atom stereocenters. The number of nitrogens with one attached hydrogen (secondary N) is 1. The summed E-state index contributed by atoms with van der Waals surface area (Å²) in [7, 11) is 0. The summed E-state index contributed by atoms with van der Waals surface area (Å²) in [5.74, 6) is 1.94. The standard InChI is InChI=1S/C20H25N3O3S/c1-12-7-14-15(9-20(2,3)10-16(14)26-12)22-17(24)8-13-11-27-19(21-13)23-6-4-5-18(23)25/h7,11,15H,4-6,8-10H2,1-3H3,(H,22,24). The Labute approximate surface area is 163 Å². The van der Waals surface area contributed by atoms with E-state index in [0.29, 0.717) is 17.2 Å². The van der Waals surface area contributed by atoms with Crippen molar-refractivity contribution in [3.8, 4) is 0 Å². The number of aromatic nitrogens is 1. The van der Waals surface area contributed by atoms with Crippen LogP contribution in [0.4, 0.5) is 5.13 Å². The molecule has 0 radical (unpaired) electrons. The molecule has 2 aliphatic rings. The highest BCUT2D eigenvalue weighted by Gasteiger charge is 2.35. The summed E-state index contributed by atoms with van der Waals surface area (Å²) in [4.78, 5) is 30.7. The largest absolute Gasteiger partial charge is 0.466 e. The third-order valence-electron chi connectivity index (χ3n) is 5.26. The quantitative estimate of drug-likeness (QED) is 0.871. The molecule has 3 heterocycles. The summed E-state index contributed by atoms with van der Waals surface area (Å²) >= 11 is 1.43. The van der Waals surface area contributed by atoms with Crippen molar-refractivity contribution in [2.24, 2.45) is 5.41 Å². The average Bonchev–Trinajstić information content (AvgIpc) is 3.26. The van der Waals surface area contributed by atoms with Gasteiger partial charge in [-0.2, -0.15) is 0 Å². The Hall–Kier alpha value is -2.15. The van der Waals surface area contributed by atoms with Crippen LogP contribution in [0.1, 0.15) is 61.9 Å². The zero-order chi connectivity index (χ0) is 19.2. The van der Waals surface area contributed by atoms with Crippen molar-refractivity contribution in [2.75, 3.05) is 11.4 Å². The second-order valence-electron chi connectivity index (χ2n) is 8.35. The Morgan fingerprint density at radius 1 is 1.48 bits per heavy atom. The van der Waals surface area contributed by atoms with Crippen LogP contribution in [0.15, 0.2) is 15.9 Å². The fourth-order valence-electron chi connectivity index (χ4n) is 4.08. The molecular weight excluding hydrogens is 362 g/mol. The third kappa shape index (κ3) is 3.78. The van der Waals surface area contributed by atoms with Gasteiger partial charge < -0.3 is 9.73 Å². The van der Waals surface area contributed by atoms with Gasteiger partial charge in [0.25, 0.3) is 0 Å². The van der Waals surface area contributed by atoms with Crippen LogP contribution in [0.3, 0.4) is 0 Å². The summed E-state index contributed by atoms with van der Waals surface area (Å²) in [6.45, 7) is 7.07. The van der Waals surface area contributed by atoms with Crippen LogP contribution in [0.5, 0.6) is 0 Å². The average molecular weight is 388 g/mol. The fourth-order valence-corrected chi connectivity index (χ4v) is 4.94. The van der Waals surface area contributed by atoms with E-state index in [4.69, 9.17) is 4.42 Å². The summed E-state index contributed by atoms with van der Waals surface area (Å²) < 4.78 is 5.84. The molecule has 1 aliphatic heterocycles. The number of amides is 2. The highest BCUT2D eigenvalue weighted by molar-refractivity contribution is 7.14. The van der Waals surface area contributed by atoms with Crippen molar-refractivity contribution >= 4 is 28.3 Å². The first-order valence-corrected chi connectivity index (χ1v) is 10.3. The van der Waals surface area contributed by atoms with E-state index >= 15 is 0 Å². The van der Waals surface area contributed by atoms with Gasteiger partial charge in [0.2, 0.25) is 11.8 Å². The third-order valence-corrected chi connectivity index (χ3v) is 6.17. The summed E-state index contributed by atoms with van der Waals surface area (Å²) in [6.07, 6.45) is 3.45. The van der Waals surface area contributed by atoms with Crippen LogP contribution in [0.25, 0.3) is 0 Å². The lowest BCUT2D eigenvalue weighted by molar-refractivity contribution is -0.121. The lowest BCUT2D eigenvalue weighted by Crippen LogP contribution is -2.36. The number of furan rings is 1. The van der Waals surface area contributed by atoms with Crippen LogP contribution < -0.4 is 10.2 Å². The van der Waals surface area contributed by atoms with Gasteiger partial charge in [0, 0.05) is 30.3 Å². The zero-order valence-electron chi connectivity index (χ0n) is 16.0. The number of hydrogen-bond acceptors (Lipinski definition) is 5. The fraction of sp³-hybridized carbons (Fsp3) is 0.550. The maximum atomic E-state index is 12.6. The van der Waals surface area contributed by atoms with E-state index in [1.807, 2.05) is 18.4 Å². The first-order chi connectivity index (χ1) is 12.8. The maximum absolute atomic E-state index is 12.6. The Bertz CT molecular complexity index is 883. The minimum Gasteiger partial charge on any atom is -0.466 e. The summed E-state index contributed by atoms with van der Waals surface area (Å²) in [5, 5.41) is 5.74. The number of hydrogen-bond donors (Lipinski definition) is 1. The molecule has 2 aromatic heterocycles. The van der Waals surface area contributed by atoms with E-state index in [-0.39, 0.29) is 29.7 Å². The van der Waals surface area contributed by atoms with E-state index in [9.17, 15) is 9.59 Å². The van der Waals surface area contributed by atoms with Crippen molar-refractivity contribution in [2.45, 2.75) is 58.9 Å². The second kappa shape index (κ2) is 6.78. The first-order valence-electron chi connectivity index (χ1n) is 9.44. The Kier molecular flexibility index (Phi) is 4.58. The van der Waals surface area contributed by atoms with Gasteiger partial charge in [-0.25, -0.2) is 4.98 Å². The minimum atomic E-state index is -0.0490. The Morgan fingerprint density at radius 2 is 2.30 bits per heavy atom. The molecule has 27 heavy (non-hydrogen) atoms. The lowest BCUT2D eigenvalue weighted by atomic mass is 9.74. The van der Waals surface area contributed by atoms with Gasteiger partial charge in [-0.1, -0.05) is 13.8 Å². The van der Waals surface area contributed by atoms with E-state index in [0.717, 1.165) is 42.9 Å². The van der Waals surface area contributed by atoms with Crippen LogP contribution in [0.2, 0.25) is 0 Å². The van der Waals surface area contributed by atoms with Crippen molar-refractivity contribution in [3.63, 3.8) is 0 Å². The predicted molar refractivity (Wildman–Crippen MR) is 104 cm³/mol. The van der Waals surface area contributed by atoms with Gasteiger partial charge >= 0.3 is 0 Å². The molecule has 6 nitrogen and oxygen atoms in total. The lowest BCUT2D eigenvalue weighted by Gasteiger charge is -2.34. The molecule has 144 valence electrons. The van der Waals surface area contributed by atoms with Crippen molar-refractivity contribution < 1.29 is 14.0 Å². The number of rotatable bonds is 4. The maximum Gasteiger partial charge on any atom is 0.228 e. The number of aryl methyl sites for hydroxylation is 1. The highest BCUT2D eigenvalue weighted by atomic mass is 32.1. The van der Waals surface area contributed by atoms with Gasteiger partial charge in [0.05, 0.1) is 18.2 Å². The van der Waals surface area contributed by atoms with E-state index in [1.165, 1.54) is 11.3 Å². The van der Waals surface area contributed by atoms with E-state index in [1.54, 1.807) is 4.90 Å². The van der Waals surface area contributed by atoms with Crippen molar-refractivity contribution in [3.05, 3.63) is 34.2 Å². The van der Waals surface area contributed by atoms with Gasteiger partial charge in [-0.3, -0.25) is 14.5 Å². The molecule has 0 bridgehead atoms. The summed E-state index contributed by atoms with van der Waals surface area (Å²) in [6, 6.07) is 2.00. The van der Waals surface area contributed by atoms with Gasteiger partial charge in [0.1, 0.15) is 11.5 Å². The predicted octanol–water partition coefficient (Wildman–Crippen LogP) is 3.54. The molecule has 0 aromatic carbocycles. The van der Waals surface area contributed by atoms with E-state index < -0.39 is 0 Å². The highest BCUT2D eigenvalue weighted by Crippen LogP contribution is 2.42. The normalized spacial score (nSPS) is 21.4. The number of fused-ring (bicyclic) bond motifs is 1. The van der Waals surface area contributed by atoms with Gasteiger partial charge in [-0.15, -0.1) is 11.3 Å². The molecule has 1 saturated heterocycles. The van der Waals surface area contributed by atoms with Crippen molar-refractivity contribution in [1.82, 2.24) is 10.3 Å². The summed E-state index contributed by atoms with van der Waals surface area (Å²) in [5.41, 5.74) is 1.90. The molecule has 0 spiro atoms. The number of thiazole rings is 1. The molecule has 1 unspecified atom stereocenters. The van der Waals surface area contributed by atoms with Crippen molar-refractivity contribution in [1.29, 1.82) is 0 Å². The molecule has 1 aliphatic carbocycles. The van der Waals surface area contributed by atoms with Crippen LogP contribution in [-0.2, 0) is 22.4 Å². The van der Waals surface area contributed by atoms with Crippen LogP contribution in [0, 0.1) is 12.3 Å². The Morgan fingerprint density at radius 3 is 3.04 bits per heavy atom. The zero-order valence-corrected chi connectivity index (χ0v) is 16.8. The van der Waals surface area contributed by atoms with E-state index in [2.05, 4.69) is 24.1 Å². The van der Waals surface area contributed by atoms with Crippen LogP contribution in [-0.4, -0.2) is 23.3 Å². The molecule has 0 saturated carbocycles. The minimum absolute atomic E-state index is 0.0352.